The number of piperidine rings is 1. The van der Waals surface area contributed by atoms with Crippen LogP contribution >= 0.6 is 0 Å². The van der Waals surface area contributed by atoms with E-state index in [-0.39, 0.29) is 5.75 Å². The molecule has 1 aliphatic rings. The van der Waals surface area contributed by atoms with Crippen LogP contribution in [0.5, 0.6) is 5.75 Å². The number of aliphatic imine (C=N–C) groups is 1. The molecule has 1 fully saturated rings. The third-order valence-corrected chi connectivity index (χ3v) is 3.34. The Hall–Kier alpha value is -1.71. The number of rotatable bonds is 2. The number of hydrogen-bond donors (Lipinski definition) is 2. The van der Waals surface area contributed by atoms with Gasteiger partial charge in [-0.25, -0.2) is 4.99 Å². The highest BCUT2D eigenvalue weighted by Crippen LogP contribution is 2.15. The fraction of sp³-hybridized carbons (Fsp3) is 0.500. The Labute approximate surface area is 108 Å². The molecule has 0 saturated carbocycles. The van der Waals surface area contributed by atoms with E-state index in [4.69, 9.17) is 5.73 Å². The molecule has 0 radical (unpaired) electrons. The van der Waals surface area contributed by atoms with Crippen molar-refractivity contribution < 1.29 is 5.11 Å². The molecule has 0 amide bonds. The SMILES string of the molecule is CC1CCCN(C(N)=NCc2ccc(O)cc2)C1. The molecular formula is C14H21N3O. The Kier molecular flexibility index (Phi) is 4.07. The monoisotopic (exact) mass is 247 g/mol. The second kappa shape index (κ2) is 5.76. The van der Waals surface area contributed by atoms with Crippen LogP contribution in [0.1, 0.15) is 25.3 Å². The molecule has 1 aromatic carbocycles. The Morgan fingerprint density at radius 3 is 2.83 bits per heavy atom. The lowest BCUT2D eigenvalue weighted by Crippen LogP contribution is -2.43. The van der Waals surface area contributed by atoms with Gasteiger partial charge >= 0.3 is 0 Å². The molecule has 1 heterocycles. The van der Waals surface area contributed by atoms with Crippen LogP contribution in [0.2, 0.25) is 0 Å². The first-order valence-corrected chi connectivity index (χ1v) is 6.48. The first-order chi connectivity index (χ1) is 8.65. The number of nitrogens with zero attached hydrogens (tertiary/aromatic N) is 2. The normalized spacial score (nSPS) is 21.1. The van der Waals surface area contributed by atoms with E-state index in [1.807, 2.05) is 12.1 Å². The maximum atomic E-state index is 9.20. The van der Waals surface area contributed by atoms with E-state index in [0.717, 1.165) is 18.7 Å². The summed E-state index contributed by atoms with van der Waals surface area (Å²) in [7, 11) is 0. The molecule has 18 heavy (non-hydrogen) atoms. The third-order valence-electron chi connectivity index (χ3n) is 3.34. The Morgan fingerprint density at radius 1 is 1.44 bits per heavy atom. The summed E-state index contributed by atoms with van der Waals surface area (Å²) in [6.45, 7) is 4.83. The van der Waals surface area contributed by atoms with Crippen molar-refractivity contribution in [1.29, 1.82) is 0 Å². The lowest BCUT2D eigenvalue weighted by molar-refractivity contribution is 0.270. The smallest absolute Gasteiger partial charge is 0.191 e. The topological polar surface area (TPSA) is 61.8 Å². The molecule has 4 nitrogen and oxygen atoms in total. The average molecular weight is 247 g/mol. The molecule has 0 aromatic heterocycles. The largest absolute Gasteiger partial charge is 0.508 e. The maximum Gasteiger partial charge on any atom is 0.191 e. The molecule has 3 N–H and O–H groups in total. The first kappa shape index (κ1) is 12.7. The second-order valence-electron chi connectivity index (χ2n) is 5.03. The molecule has 1 saturated heterocycles. The number of benzene rings is 1. The number of aromatic hydroxyl groups is 1. The molecule has 1 atom stereocenters. The molecule has 98 valence electrons. The minimum Gasteiger partial charge on any atom is -0.508 e. The van der Waals surface area contributed by atoms with Crippen molar-refractivity contribution in [3.05, 3.63) is 29.8 Å². The van der Waals surface area contributed by atoms with Gasteiger partial charge in [0.15, 0.2) is 5.96 Å². The summed E-state index contributed by atoms with van der Waals surface area (Å²) < 4.78 is 0. The van der Waals surface area contributed by atoms with Crippen LogP contribution in [0, 0.1) is 5.92 Å². The number of phenolic OH excluding ortho intramolecular Hbond substituents is 1. The number of nitrogens with two attached hydrogens (primary N) is 1. The van der Waals surface area contributed by atoms with Crippen LogP contribution in [-0.2, 0) is 6.54 Å². The quantitative estimate of drug-likeness (QED) is 0.620. The molecular weight excluding hydrogens is 226 g/mol. The minimum absolute atomic E-state index is 0.278. The highest BCUT2D eigenvalue weighted by Gasteiger charge is 2.17. The number of guanidine groups is 1. The summed E-state index contributed by atoms with van der Waals surface area (Å²) in [5.74, 6) is 1.61. The summed E-state index contributed by atoms with van der Waals surface area (Å²) in [5, 5.41) is 9.20. The van der Waals surface area contributed by atoms with Gasteiger partial charge in [0.05, 0.1) is 6.54 Å². The van der Waals surface area contributed by atoms with Gasteiger partial charge in [0, 0.05) is 13.1 Å². The van der Waals surface area contributed by atoms with Crippen molar-refractivity contribution in [2.45, 2.75) is 26.3 Å². The molecule has 1 unspecified atom stereocenters. The molecule has 1 aromatic rings. The second-order valence-corrected chi connectivity index (χ2v) is 5.03. The lowest BCUT2D eigenvalue weighted by atomic mass is 10.0. The van der Waals surface area contributed by atoms with Crippen molar-refractivity contribution >= 4 is 5.96 Å². The molecule has 1 aliphatic heterocycles. The zero-order valence-corrected chi connectivity index (χ0v) is 10.8. The fourth-order valence-electron chi connectivity index (χ4n) is 2.27. The van der Waals surface area contributed by atoms with E-state index in [2.05, 4.69) is 16.8 Å². The maximum absolute atomic E-state index is 9.20. The van der Waals surface area contributed by atoms with Crippen molar-refractivity contribution in [2.24, 2.45) is 16.6 Å². The Balaban J connectivity index is 1.93. The first-order valence-electron chi connectivity index (χ1n) is 6.48. The highest BCUT2D eigenvalue weighted by atomic mass is 16.3. The van der Waals surface area contributed by atoms with Crippen LogP contribution in [0.4, 0.5) is 0 Å². The van der Waals surface area contributed by atoms with E-state index in [1.54, 1.807) is 12.1 Å². The predicted molar refractivity (Wildman–Crippen MR) is 73.4 cm³/mol. The van der Waals surface area contributed by atoms with Gasteiger partial charge in [-0.3, -0.25) is 0 Å². The van der Waals surface area contributed by atoms with E-state index < -0.39 is 0 Å². The lowest BCUT2D eigenvalue weighted by Gasteiger charge is -2.31. The van der Waals surface area contributed by atoms with Gasteiger partial charge in [0.1, 0.15) is 5.75 Å². The van der Waals surface area contributed by atoms with Gasteiger partial charge in [0.25, 0.3) is 0 Å². The van der Waals surface area contributed by atoms with Gasteiger partial charge in [-0.15, -0.1) is 0 Å². The third kappa shape index (κ3) is 3.39. The van der Waals surface area contributed by atoms with Gasteiger partial charge in [-0.1, -0.05) is 19.1 Å². The van der Waals surface area contributed by atoms with E-state index in [9.17, 15) is 5.11 Å². The van der Waals surface area contributed by atoms with Crippen molar-refractivity contribution in [3.8, 4) is 5.75 Å². The highest BCUT2D eigenvalue weighted by molar-refractivity contribution is 5.78. The average Bonchev–Trinajstić information content (AvgIpc) is 2.38. The van der Waals surface area contributed by atoms with E-state index in [0.29, 0.717) is 18.4 Å². The molecule has 0 aliphatic carbocycles. The zero-order chi connectivity index (χ0) is 13.0. The summed E-state index contributed by atoms with van der Waals surface area (Å²) in [5.41, 5.74) is 7.07. The number of phenols is 1. The van der Waals surface area contributed by atoms with Gasteiger partial charge < -0.3 is 15.7 Å². The predicted octanol–water partition coefficient (Wildman–Crippen LogP) is 1.94. The summed E-state index contributed by atoms with van der Waals surface area (Å²) in [4.78, 5) is 6.58. The molecule has 2 rings (SSSR count). The van der Waals surface area contributed by atoms with Gasteiger partial charge in [0.2, 0.25) is 0 Å². The summed E-state index contributed by atoms with van der Waals surface area (Å²) in [6, 6.07) is 7.07. The Bertz CT molecular complexity index is 414. The van der Waals surface area contributed by atoms with Crippen molar-refractivity contribution in [2.75, 3.05) is 13.1 Å². The van der Waals surface area contributed by atoms with E-state index in [1.165, 1.54) is 12.8 Å². The van der Waals surface area contributed by atoms with Crippen LogP contribution in [0.25, 0.3) is 0 Å². The Morgan fingerprint density at radius 2 is 2.17 bits per heavy atom. The zero-order valence-electron chi connectivity index (χ0n) is 10.8. The van der Waals surface area contributed by atoms with Crippen LogP contribution < -0.4 is 5.73 Å². The van der Waals surface area contributed by atoms with Crippen LogP contribution in [-0.4, -0.2) is 29.1 Å². The molecule has 0 bridgehead atoms. The van der Waals surface area contributed by atoms with Crippen molar-refractivity contribution in [1.82, 2.24) is 4.90 Å². The van der Waals surface area contributed by atoms with Gasteiger partial charge in [-0.05, 0) is 36.5 Å². The number of hydrogen-bond acceptors (Lipinski definition) is 2. The summed E-state index contributed by atoms with van der Waals surface area (Å²) in [6.07, 6.45) is 2.47. The van der Waals surface area contributed by atoms with Crippen LogP contribution in [0.3, 0.4) is 0 Å². The standard InChI is InChI=1S/C14H21N3O/c1-11-3-2-8-17(10-11)14(15)16-9-12-4-6-13(18)7-5-12/h4-7,11,18H,2-3,8-10H2,1H3,(H2,15,16). The molecule has 0 spiro atoms. The van der Waals surface area contributed by atoms with Gasteiger partial charge in [-0.2, -0.15) is 0 Å². The summed E-state index contributed by atoms with van der Waals surface area (Å²) >= 11 is 0. The number of likely N-dealkylation sites (tertiary alicyclic amines) is 1. The fourth-order valence-corrected chi connectivity index (χ4v) is 2.27. The molecule has 4 heteroatoms. The van der Waals surface area contributed by atoms with Crippen molar-refractivity contribution in [3.63, 3.8) is 0 Å². The van der Waals surface area contributed by atoms with E-state index >= 15 is 0 Å². The van der Waals surface area contributed by atoms with Crippen LogP contribution in [0.15, 0.2) is 29.3 Å². The minimum atomic E-state index is 0.278.